The van der Waals surface area contributed by atoms with Crippen LogP contribution in [0.4, 0.5) is 0 Å². The standard InChI is InChI=1S/C14H17NO3/c1-4-7-15(9-13(16)17)14(18)12-6-5-10(2)11(3)8-12/h4-6,8H,1,7,9H2,2-3H3,(H,16,17). The Morgan fingerprint density at radius 1 is 1.33 bits per heavy atom. The van der Waals surface area contributed by atoms with Gasteiger partial charge in [-0.2, -0.15) is 0 Å². The molecule has 0 bridgehead atoms. The maximum absolute atomic E-state index is 12.1. The number of amides is 1. The lowest BCUT2D eigenvalue weighted by molar-refractivity contribution is -0.137. The first-order valence-corrected chi connectivity index (χ1v) is 5.65. The van der Waals surface area contributed by atoms with Gasteiger partial charge in [-0.3, -0.25) is 9.59 Å². The van der Waals surface area contributed by atoms with E-state index < -0.39 is 5.97 Å². The Morgan fingerprint density at radius 2 is 2.00 bits per heavy atom. The summed E-state index contributed by atoms with van der Waals surface area (Å²) in [5, 5.41) is 8.78. The Hall–Kier alpha value is -2.10. The molecule has 1 rings (SSSR count). The first-order chi connectivity index (χ1) is 8.45. The van der Waals surface area contributed by atoms with E-state index in [0.717, 1.165) is 11.1 Å². The molecule has 0 unspecified atom stereocenters. The van der Waals surface area contributed by atoms with Gasteiger partial charge in [-0.1, -0.05) is 12.1 Å². The van der Waals surface area contributed by atoms with Crippen LogP contribution in [0.2, 0.25) is 0 Å². The van der Waals surface area contributed by atoms with Gasteiger partial charge in [0.1, 0.15) is 6.54 Å². The van der Waals surface area contributed by atoms with Gasteiger partial charge in [0.05, 0.1) is 0 Å². The van der Waals surface area contributed by atoms with E-state index in [9.17, 15) is 9.59 Å². The first-order valence-electron chi connectivity index (χ1n) is 5.65. The molecule has 0 spiro atoms. The third-order valence-electron chi connectivity index (χ3n) is 2.72. The first kappa shape index (κ1) is 14.0. The number of carboxylic acids is 1. The summed E-state index contributed by atoms with van der Waals surface area (Å²) in [7, 11) is 0. The lowest BCUT2D eigenvalue weighted by Crippen LogP contribution is -2.35. The number of carbonyl (C=O) groups excluding carboxylic acids is 1. The normalized spacial score (nSPS) is 9.89. The molecule has 1 amide bonds. The average Bonchev–Trinajstić information content (AvgIpc) is 2.31. The Morgan fingerprint density at radius 3 is 2.50 bits per heavy atom. The SMILES string of the molecule is C=CCN(CC(=O)O)C(=O)c1ccc(C)c(C)c1. The highest BCUT2D eigenvalue weighted by atomic mass is 16.4. The van der Waals surface area contributed by atoms with Crippen molar-refractivity contribution < 1.29 is 14.7 Å². The van der Waals surface area contributed by atoms with Gasteiger partial charge in [0, 0.05) is 12.1 Å². The quantitative estimate of drug-likeness (QED) is 0.810. The minimum absolute atomic E-state index is 0.220. The molecule has 0 aliphatic carbocycles. The number of hydrogen-bond donors (Lipinski definition) is 1. The highest BCUT2D eigenvalue weighted by Gasteiger charge is 2.17. The molecule has 0 saturated carbocycles. The fourth-order valence-corrected chi connectivity index (χ4v) is 1.60. The number of carbonyl (C=O) groups is 2. The molecule has 1 aromatic carbocycles. The monoisotopic (exact) mass is 247 g/mol. The second-order valence-electron chi connectivity index (χ2n) is 4.17. The van der Waals surface area contributed by atoms with Crippen molar-refractivity contribution in [2.45, 2.75) is 13.8 Å². The molecule has 0 radical (unpaired) electrons. The van der Waals surface area contributed by atoms with Crippen LogP contribution in [-0.4, -0.2) is 35.0 Å². The number of nitrogens with zero attached hydrogens (tertiary/aromatic N) is 1. The molecule has 96 valence electrons. The zero-order chi connectivity index (χ0) is 13.7. The minimum atomic E-state index is -1.03. The van der Waals surface area contributed by atoms with E-state index in [4.69, 9.17) is 5.11 Å². The van der Waals surface area contributed by atoms with E-state index in [1.807, 2.05) is 19.9 Å². The lowest BCUT2D eigenvalue weighted by Gasteiger charge is -2.19. The van der Waals surface area contributed by atoms with Crippen LogP contribution >= 0.6 is 0 Å². The molecule has 0 atom stereocenters. The van der Waals surface area contributed by atoms with Crippen LogP contribution < -0.4 is 0 Å². The molecule has 0 aliphatic rings. The Balaban J connectivity index is 2.97. The second kappa shape index (κ2) is 6.00. The van der Waals surface area contributed by atoms with Gasteiger partial charge in [-0.05, 0) is 37.1 Å². The van der Waals surface area contributed by atoms with Crippen LogP contribution in [0.1, 0.15) is 21.5 Å². The predicted molar refractivity (Wildman–Crippen MR) is 69.7 cm³/mol. The van der Waals surface area contributed by atoms with Crippen LogP contribution in [0, 0.1) is 13.8 Å². The van der Waals surface area contributed by atoms with Crippen molar-refractivity contribution in [1.29, 1.82) is 0 Å². The summed E-state index contributed by atoms with van der Waals surface area (Å²) in [5.74, 6) is -1.32. The van der Waals surface area contributed by atoms with Crippen LogP contribution in [0.15, 0.2) is 30.9 Å². The van der Waals surface area contributed by atoms with E-state index in [-0.39, 0.29) is 19.0 Å². The van der Waals surface area contributed by atoms with Crippen molar-refractivity contribution >= 4 is 11.9 Å². The van der Waals surface area contributed by atoms with Gasteiger partial charge in [0.25, 0.3) is 5.91 Å². The third kappa shape index (κ3) is 3.45. The van der Waals surface area contributed by atoms with E-state index in [0.29, 0.717) is 5.56 Å². The summed E-state index contributed by atoms with van der Waals surface area (Å²) in [6, 6.07) is 5.34. The molecule has 4 nitrogen and oxygen atoms in total. The van der Waals surface area contributed by atoms with Crippen LogP contribution in [-0.2, 0) is 4.79 Å². The number of aryl methyl sites for hydroxylation is 2. The molecule has 1 N–H and O–H groups in total. The van der Waals surface area contributed by atoms with E-state index in [1.165, 1.54) is 11.0 Å². The molecular formula is C14H17NO3. The van der Waals surface area contributed by atoms with Crippen LogP contribution in [0.5, 0.6) is 0 Å². The molecule has 0 aromatic heterocycles. The molecule has 0 fully saturated rings. The number of benzene rings is 1. The topological polar surface area (TPSA) is 57.6 Å². The number of carboxylic acid groups (broad SMARTS) is 1. The molecule has 0 heterocycles. The molecule has 18 heavy (non-hydrogen) atoms. The zero-order valence-corrected chi connectivity index (χ0v) is 10.6. The summed E-state index contributed by atoms with van der Waals surface area (Å²) >= 11 is 0. The van der Waals surface area contributed by atoms with Crippen LogP contribution in [0.25, 0.3) is 0 Å². The number of aliphatic carboxylic acids is 1. The van der Waals surface area contributed by atoms with E-state index in [2.05, 4.69) is 6.58 Å². The zero-order valence-electron chi connectivity index (χ0n) is 10.6. The van der Waals surface area contributed by atoms with Crippen molar-refractivity contribution in [3.8, 4) is 0 Å². The lowest BCUT2D eigenvalue weighted by atomic mass is 10.1. The summed E-state index contributed by atoms with van der Waals surface area (Å²) in [5.41, 5.74) is 2.61. The highest BCUT2D eigenvalue weighted by Crippen LogP contribution is 2.12. The van der Waals surface area contributed by atoms with Crippen molar-refractivity contribution in [2.75, 3.05) is 13.1 Å². The maximum atomic E-state index is 12.1. The number of rotatable bonds is 5. The molecular weight excluding hydrogens is 230 g/mol. The molecule has 1 aromatic rings. The summed E-state index contributed by atoms with van der Waals surface area (Å²) in [4.78, 5) is 24.1. The van der Waals surface area contributed by atoms with E-state index in [1.54, 1.807) is 12.1 Å². The highest BCUT2D eigenvalue weighted by molar-refractivity contribution is 5.96. The Labute approximate surface area is 107 Å². The van der Waals surface area contributed by atoms with Gasteiger partial charge >= 0.3 is 5.97 Å². The maximum Gasteiger partial charge on any atom is 0.323 e. The largest absolute Gasteiger partial charge is 0.480 e. The van der Waals surface area contributed by atoms with E-state index >= 15 is 0 Å². The van der Waals surface area contributed by atoms with Crippen molar-refractivity contribution in [3.63, 3.8) is 0 Å². The second-order valence-corrected chi connectivity index (χ2v) is 4.17. The van der Waals surface area contributed by atoms with Gasteiger partial charge in [0.2, 0.25) is 0 Å². The van der Waals surface area contributed by atoms with Crippen molar-refractivity contribution in [1.82, 2.24) is 4.90 Å². The van der Waals surface area contributed by atoms with Gasteiger partial charge in [0.15, 0.2) is 0 Å². The summed E-state index contributed by atoms with van der Waals surface area (Å²) < 4.78 is 0. The smallest absolute Gasteiger partial charge is 0.323 e. The van der Waals surface area contributed by atoms with Gasteiger partial charge in [-0.15, -0.1) is 6.58 Å². The molecule has 0 aliphatic heterocycles. The average molecular weight is 247 g/mol. The fraction of sp³-hybridized carbons (Fsp3) is 0.286. The molecule has 0 saturated heterocycles. The molecule has 4 heteroatoms. The predicted octanol–water partition coefficient (Wildman–Crippen LogP) is 2.02. The minimum Gasteiger partial charge on any atom is -0.480 e. The summed E-state index contributed by atoms with van der Waals surface area (Å²) in [6.45, 7) is 7.31. The Bertz CT molecular complexity index is 480. The summed E-state index contributed by atoms with van der Waals surface area (Å²) in [6.07, 6.45) is 1.52. The van der Waals surface area contributed by atoms with Gasteiger partial charge < -0.3 is 10.0 Å². The fourth-order valence-electron chi connectivity index (χ4n) is 1.60. The number of hydrogen-bond acceptors (Lipinski definition) is 2. The third-order valence-corrected chi connectivity index (χ3v) is 2.72. The van der Waals surface area contributed by atoms with Crippen molar-refractivity contribution in [3.05, 3.63) is 47.5 Å². The van der Waals surface area contributed by atoms with Crippen LogP contribution in [0.3, 0.4) is 0 Å². The van der Waals surface area contributed by atoms with Gasteiger partial charge in [-0.25, -0.2) is 0 Å². The Kier molecular flexibility index (Phi) is 4.66. The van der Waals surface area contributed by atoms with Crippen molar-refractivity contribution in [2.24, 2.45) is 0 Å².